The van der Waals surface area contributed by atoms with Crippen LogP contribution in [0.3, 0.4) is 0 Å². The van der Waals surface area contributed by atoms with E-state index < -0.39 is 34.6 Å². The predicted molar refractivity (Wildman–Crippen MR) is 183 cm³/mol. The Balaban J connectivity index is 1.81. The summed E-state index contributed by atoms with van der Waals surface area (Å²) in [6.45, 7) is 21.8. The molecule has 2 unspecified atom stereocenters. The number of likely N-dealkylation sites (tertiary alicyclic amines) is 1. The summed E-state index contributed by atoms with van der Waals surface area (Å²) in [5.74, 6) is -1.92. The molecule has 3 heterocycles. The summed E-state index contributed by atoms with van der Waals surface area (Å²) in [6.07, 6.45) is 9.03. The van der Waals surface area contributed by atoms with E-state index in [0.717, 1.165) is 24.9 Å². The van der Waals surface area contributed by atoms with Gasteiger partial charge in [-0.3, -0.25) is 14.4 Å². The van der Waals surface area contributed by atoms with Crippen molar-refractivity contribution in [1.29, 1.82) is 0 Å². The number of anilines is 1. The molecule has 3 fully saturated rings. The van der Waals surface area contributed by atoms with Crippen molar-refractivity contribution in [2.24, 2.45) is 17.3 Å². The van der Waals surface area contributed by atoms with Crippen molar-refractivity contribution in [1.82, 2.24) is 9.80 Å². The van der Waals surface area contributed by atoms with E-state index in [2.05, 4.69) is 47.8 Å². The highest BCUT2D eigenvalue weighted by molar-refractivity contribution is 6.03. The van der Waals surface area contributed by atoms with Gasteiger partial charge in [-0.2, -0.15) is 0 Å². The third-order valence-electron chi connectivity index (χ3n) is 10.4. The number of aliphatic hydroxyl groups excluding tert-OH is 1. The van der Waals surface area contributed by atoms with Crippen molar-refractivity contribution >= 4 is 23.4 Å². The third kappa shape index (κ3) is 6.57. The number of para-hydroxylation sites is 1. The molecule has 0 aromatic heterocycles. The summed E-state index contributed by atoms with van der Waals surface area (Å²) in [5.41, 5.74) is -1.74. The first-order valence-corrected chi connectivity index (χ1v) is 17.2. The molecule has 46 heavy (non-hydrogen) atoms. The maximum atomic E-state index is 15.1. The van der Waals surface area contributed by atoms with Gasteiger partial charge in [0.15, 0.2) is 0 Å². The van der Waals surface area contributed by atoms with E-state index in [1.165, 1.54) is 0 Å². The maximum absolute atomic E-state index is 15.1. The van der Waals surface area contributed by atoms with Gasteiger partial charge in [0.05, 0.1) is 17.4 Å². The normalized spacial score (nSPS) is 27.1. The van der Waals surface area contributed by atoms with E-state index in [1.54, 1.807) is 22.0 Å². The second-order valence-corrected chi connectivity index (χ2v) is 15.4. The van der Waals surface area contributed by atoms with Crippen LogP contribution in [0.25, 0.3) is 0 Å². The van der Waals surface area contributed by atoms with Crippen LogP contribution in [0.1, 0.15) is 92.9 Å². The molecule has 1 spiro atoms. The highest BCUT2D eigenvalue weighted by Gasteiger charge is 2.79. The van der Waals surface area contributed by atoms with Crippen LogP contribution >= 0.6 is 0 Å². The molecular weight excluding hydrogens is 578 g/mol. The summed E-state index contributed by atoms with van der Waals surface area (Å²) < 4.78 is 7.10. The van der Waals surface area contributed by atoms with Crippen molar-refractivity contribution in [3.63, 3.8) is 0 Å². The lowest BCUT2D eigenvalue weighted by molar-refractivity contribution is -0.157. The summed E-state index contributed by atoms with van der Waals surface area (Å²) in [4.78, 5) is 49.9. The second kappa shape index (κ2) is 14.0. The summed E-state index contributed by atoms with van der Waals surface area (Å²) in [5, 5.41) is 9.29. The van der Waals surface area contributed by atoms with E-state index in [-0.39, 0.29) is 29.7 Å². The first kappa shape index (κ1) is 35.9. The van der Waals surface area contributed by atoms with Crippen molar-refractivity contribution in [3.8, 4) is 0 Å². The molecule has 5 atom stereocenters. The Labute approximate surface area is 276 Å². The van der Waals surface area contributed by atoms with Gasteiger partial charge in [0, 0.05) is 37.5 Å². The summed E-state index contributed by atoms with van der Waals surface area (Å²) >= 11 is 0. The van der Waals surface area contributed by atoms with Crippen LogP contribution in [0.4, 0.5) is 5.69 Å². The molecule has 254 valence electrons. The van der Waals surface area contributed by atoms with Crippen LogP contribution in [-0.4, -0.2) is 81.7 Å². The highest BCUT2D eigenvalue weighted by atomic mass is 16.5. The number of unbranched alkanes of at least 4 members (excludes halogenated alkanes) is 3. The number of rotatable bonds is 16. The third-order valence-corrected chi connectivity index (χ3v) is 10.4. The fourth-order valence-electron chi connectivity index (χ4n) is 8.89. The predicted octanol–water partition coefficient (Wildman–Crippen LogP) is 6.14. The smallest absolute Gasteiger partial charge is 0.249 e. The monoisotopic (exact) mass is 635 g/mol. The molecule has 0 saturated carbocycles. The highest BCUT2D eigenvalue weighted by Crippen LogP contribution is 2.65. The van der Waals surface area contributed by atoms with Crippen LogP contribution in [0.15, 0.2) is 55.6 Å². The molecule has 8 nitrogen and oxygen atoms in total. The summed E-state index contributed by atoms with van der Waals surface area (Å²) in [6, 6.07) is 8.67. The molecule has 1 aromatic rings. The zero-order chi connectivity index (χ0) is 33.9. The number of ether oxygens (including phenoxy) is 1. The number of nitrogens with zero attached hydrogens (tertiary/aromatic N) is 3. The number of aliphatic hydroxyl groups is 1. The standard InChI is InChI=1S/C38H57N3O5/c1-9-23-39(28-19-15-14-16-20-28)32(43)29-30-33(44)40(25-17-12-13-18-26-42)31(38(30)22-21-37(29,11-3)46-38)34(45)41(24-10-2)36(7,8)27-35(4,5)6/h9-10,14-16,19-20,29-31,42H,1-2,11-13,17-18,21-27H2,3-8H3/t29-,30-,31?,37+,38?/m0/s1. The number of fused-ring (bicyclic) bond motifs is 1. The Bertz CT molecular complexity index is 1270. The quantitative estimate of drug-likeness (QED) is 0.174. The number of amides is 3. The van der Waals surface area contributed by atoms with Crippen LogP contribution in [0, 0.1) is 17.3 Å². The minimum atomic E-state index is -1.09. The van der Waals surface area contributed by atoms with Crippen molar-refractivity contribution in [3.05, 3.63) is 55.6 Å². The Morgan fingerprint density at radius 1 is 1.00 bits per heavy atom. The minimum absolute atomic E-state index is 0.0416. The lowest BCUT2D eigenvalue weighted by atomic mass is 9.64. The van der Waals surface area contributed by atoms with Crippen molar-refractivity contribution in [2.75, 3.05) is 31.1 Å². The number of hydrogen-bond acceptors (Lipinski definition) is 5. The topological polar surface area (TPSA) is 90.4 Å². The second-order valence-electron chi connectivity index (χ2n) is 15.4. The molecule has 3 amide bonds. The number of carbonyl (C=O) groups excluding carboxylic acids is 3. The van der Waals surface area contributed by atoms with Gasteiger partial charge < -0.3 is 24.5 Å². The number of hydrogen-bond donors (Lipinski definition) is 1. The zero-order valence-corrected chi connectivity index (χ0v) is 29.1. The van der Waals surface area contributed by atoms with E-state index in [4.69, 9.17) is 4.74 Å². The first-order chi connectivity index (χ1) is 21.7. The zero-order valence-electron chi connectivity index (χ0n) is 29.1. The lowest BCUT2D eigenvalue weighted by Gasteiger charge is -2.45. The number of carbonyl (C=O) groups is 3. The SMILES string of the molecule is C=CCN(C(=O)[C@@H]1[C@H]2C(=O)N(CCCCCCO)C(C(=O)N(CC=C)C(C)(C)CC(C)(C)C)C23CC[C@@]1(CC)O3)c1ccccc1. The fraction of sp³-hybridized carbons (Fsp3) is 0.658. The molecule has 3 aliphatic rings. The molecule has 1 aromatic carbocycles. The molecule has 2 bridgehead atoms. The lowest BCUT2D eigenvalue weighted by Crippen LogP contribution is -2.61. The van der Waals surface area contributed by atoms with Gasteiger partial charge >= 0.3 is 0 Å². The molecule has 1 N–H and O–H groups in total. The minimum Gasteiger partial charge on any atom is -0.396 e. The Kier molecular flexibility index (Phi) is 10.9. The average molecular weight is 636 g/mol. The van der Waals surface area contributed by atoms with Gasteiger partial charge in [0.2, 0.25) is 17.7 Å². The molecule has 0 aliphatic carbocycles. The van der Waals surface area contributed by atoms with E-state index in [1.807, 2.05) is 42.2 Å². The van der Waals surface area contributed by atoms with Crippen LogP contribution in [0.5, 0.6) is 0 Å². The van der Waals surface area contributed by atoms with Crippen LogP contribution in [-0.2, 0) is 19.1 Å². The largest absolute Gasteiger partial charge is 0.396 e. The van der Waals surface area contributed by atoms with Gasteiger partial charge in [-0.25, -0.2) is 0 Å². The maximum Gasteiger partial charge on any atom is 0.249 e. The van der Waals surface area contributed by atoms with E-state index in [9.17, 15) is 14.7 Å². The van der Waals surface area contributed by atoms with Crippen LogP contribution in [0.2, 0.25) is 0 Å². The van der Waals surface area contributed by atoms with Gasteiger partial charge in [0.1, 0.15) is 11.6 Å². The van der Waals surface area contributed by atoms with Gasteiger partial charge in [0.25, 0.3) is 0 Å². The van der Waals surface area contributed by atoms with Gasteiger partial charge in [-0.05, 0) is 69.9 Å². The van der Waals surface area contributed by atoms with E-state index in [0.29, 0.717) is 51.7 Å². The first-order valence-electron chi connectivity index (χ1n) is 17.2. The Morgan fingerprint density at radius 3 is 2.24 bits per heavy atom. The number of benzene rings is 1. The Morgan fingerprint density at radius 2 is 1.65 bits per heavy atom. The van der Waals surface area contributed by atoms with Gasteiger partial charge in [-0.1, -0.05) is 70.9 Å². The summed E-state index contributed by atoms with van der Waals surface area (Å²) in [7, 11) is 0. The van der Waals surface area contributed by atoms with E-state index >= 15 is 4.79 Å². The molecule has 4 rings (SSSR count). The molecule has 3 saturated heterocycles. The van der Waals surface area contributed by atoms with Gasteiger partial charge in [-0.15, -0.1) is 13.2 Å². The van der Waals surface area contributed by atoms with Crippen LogP contribution < -0.4 is 4.90 Å². The molecular formula is C38H57N3O5. The molecule has 3 aliphatic heterocycles. The molecule has 0 radical (unpaired) electrons. The Hall–Kier alpha value is -2.97. The van der Waals surface area contributed by atoms with Crippen molar-refractivity contribution in [2.45, 2.75) is 116 Å². The average Bonchev–Trinajstić information content (AvgIpc) is 3.60. The fourth-order valence-corrected chi connectivity index (χ4v) is 8.89. The van der Waals surface area contributed by atoms with Crippen molar-refractivity contribution < 1.29 is 24.2 Å². The molecule has 8 heteroatoms.